The average molecular weight is 371 g/mol. The topological polar surface area (TPSA) is 47.6 Å². The van der Waals surface area contributed by atoms with Crippen LogP contribution in [0.15, 0.2) is 24.3 Å². The smallest absolute Gasteiger partial charge is 0.304 e. The minimum atomic E-state index is -3.61. The summed E-state index contributed by atoms with van der Waals surface area (Å²) in [6, 6.07) is 6.63. The highest BCUT2D eigenvalue weighted by Gasteiger charge is 2.41. The lowest BCUT2D eigenvalue weighted by Gasteiger charge is -2.34. The van der Waals surface area contributed by atoms with Gasteiger partial charge in [-0.15, -0.1) is 0 Å². The molecule has 0 bridgehead atoms. The summed E-state index contributed by atoms with van der Waals surface area (Å²) >= 11 is 0. The number of halogens is 1. The first-order chi connectivity index (χ1) is 11.8. The Bertz CT molecular complexity index is 574. The molecule has 0 radical (unpaired) electrons. The van der Waals surface area contributed by atoms with Crippen molar-refractivity contribution < 1.29 is 18.0 Å². The molecule has 2 rings (SSSR count). The van der Waals surface area contributed by atoms with Crippen molar-refractivity contribution in [3.63, 3.8) is 0 Å². The van der Waals surface area contributed by atoms with Crippen LogP contribution in [0, 0.1) is 5.82 Å². The number of hydrogen-bond donors (Lipinski definition) is 1. The molecule has 25 heavy (non-hydrogen) atoms. The van der Waals surface area contributed by atoms with E-state index >= 15 is 0 Å². The number of rotatable bonds is 8. The van der Waals surface area contributed by atoms with Gasteiger partial charge in [0.25, 0.3) is 0 Å². The SMILES string of the molecule is CC(C)OP(=O)(OC(C)C)C(NC1CCCCC1)c1ccccc1F. The predicted molar refractivity (Wildman–Crippen MR) is 99.2 cm³/mol. The van der Waals surface area contributed by atoms with Gasteiger partial charge in [-0.1, -0.05) is 37.5 Å². The highest BCUT2D eigenvalue weighted by molar-refractivity contribution is 7.54. The maximum Gasteiger partial charge on any atom is 0.352 e. The van der Waals surface area contributed by atoms with Crippen LogP contribution in [0.25, 0.3) is 0 Å². The summed E-state index contributed by atoms with van der Waals surface area (Å²) in [6.45, 7) is 7.26. The Hall–Kier alpha value is -0.740. The first-order valence-corrected chi connectivity index (χ1v) is 10.9. The lowest BCUT2D eigenvalue weighted by molar-refractivity contribution is 0.131. The van der Waals surface area contributed by atoms with Crippen LogP contribution < -0.4 is 5.32 Å². The quantitative estimate of drug-likeness (QED) is 0.588. The lowest BCUT2D eigenvalue weighted by atomic mass is 9.95. The monoisotopic (exact) mass is 371 g/mol. The van der Waals surface area contributed by atoms with Gasteiger partial charge < -0.3 is 9.05 Å². The Balaban J connectivity index is 2.39. The molecule has 6 heteroatoms. The van der Waals surface area contributed by atoms with Gasteiger partial charge in [-0.05, 0) is 46.6 Å². The number of benzene rings is 1. The second-order valence-electron chi connectivity index (χ2n) is 7.27. The molecule has 1 N–H and O–H groups in total. The van der Waals surface area contributed by atoms with Crippen molar-refractivity contribution >= 4 is 7.60 Å². The first-order valence-electron chi connectivity index (χ1n) is 9.29. The van der Waals surface area contributed by atoms with E-state index < -0.39 is 19.2 Å². The van der Waals surface area contributed by atoms with Crippen LogP contribution in [0.3, 0.4) is 0 Å². The van der Waals surface area contributed by atoms with E-state index in [2.05, 4.69) is 5.32 Å². The molecular weight excluding hydrogens is 340 g/mol. The van der Waals surface area contributed by atoms with Crippen molar-refractivity contribution in [2.45, 2.75) is 83.8 Å². The van der Waals surface area contributed by atoms with Crippen LogP contribution in [0.1, 0.15) is 71.1 Å². The van der Waals surface area contributed by atoms with Gasteiger partial charge in [0.1, 0.15) is 11.6 Å². The third-order valence-electron chi connectivity index (χ3n) is 4.23. The van der Waals surface area contributed by atoms with Gasteiger partial charge in [-0.25, -0.2) is 4.39 Å². The van der Waals surface area contributed by atoms with E-state index in [-0.39, 0.29) is 18.2 Å². The summed E-state index contributed by atoms with van der Waals surface area (Å²) in [7, 11) is -3.61. The maximum absolute atomic E-state index is 14.5. The summed E-state index contributed by atoms with van der Waals surface area (Å²) in [5, 5.41) is 3.41. The Morgan fingerprint density at radius 1 is 1.04 bits per heavy atom. The van der Waals surface area contributed by atoms with Crippen LogP contribution in [-0.4, -0.2) is 18.2 Å². The van der Waals surface area contributed by atoms with E-state index in [1.54, 1.807) is 18.2 Å². The molecule has 1 aromatic rings. The molecule has 0 amide bonds. The lowest BCUT2D eigenvalue weighted by Crippen LogP contribution is -2.36. The molecule has 142 valence electrons. The summed E-state index contributed by atoms with van der Waals surface area (Å²) in [5.41, 5.74) is 0.345. The number of hydrogen-bond acceptors (Lipinski definition) is 4. The minimum Gasteiger partial charge on any atom is -0.304 e. The molecule has 4 nitrogen and oxygen atoms in total. The van der Waals surface area contributed by atoms with Crippen LogP contribution in [0.4, 0.5) is 4.39 Å². The Morgan fingerprint density at radius 3 is 2.12 bits per heavy atom. The molecule has 1 unspecified atom stereocenters. The molecule has 0 saturated heterocycles. The highest BCUT2D eigenvalue weighted by atomic mass is 31.2. The van der Waals surface area contributed by atoms with Gasteiger partial charge in [0, 0.05) is 11.6 Å². The second-order valence-corrected chi connectivity index (χ2v) is 9.29. The molecular formula is C19H31FNO3P. The number of nitrogens with one attached hydrogen (secondary N) is 1. The fourth-order valence-corrected chi connectivity index (χ4v) is 5.69. The largest absolute Gasteiger partial charge is 0.352 e. The minimum absolute atomic E-state index is 0.193. The zero-order valence-electron chi connectivity index (χ0n) is 15.7. The van der Waals surface area contributed by atoms with Crippen molar-refractivity contribution in [2.24, 2.45) is 0 Å². The zero-order valence-corrected chi connectivity index (χ0v) is 16.6. The van der Waals surface area contributed by atoms with E-state index in [4.69, 9.17) is 9.05 Å². The molecule has 1 saturated carbocycles. The molecule has 1 fully saturated rings. The fourth-order valence-electron chi connectivity index (χ4n) is 3.28. The van der Waals surface area contributed by atoms with Gasteiger partial charge in [0.2, 0.25) is 0 Å². The van der Waals surface area contributed by atoms with Gasteiger partial charge >= 0.3 is 7.60 Å². The van der Waals surface area contributed by atoms with Crippen molar-refractivity contribution in [1.29, 1.82) is 0 Å². The second kappa shape index (κ2) is 9.27. The van der Waals surface area contributed by atoms with Gasteiger partial charge in [-0.3, -0.25) is 9.88 Å². The maximum atomic E-state index is 14.5. The van der Waals surface area contributed by atoms with Gasteiger partial charge in [-0.2, -0.15) is 0 Å². The molecule has 0 heterocycles. The molecule has 1 aliphatic carbocycles. The van der Waals surface area contributed by atoms with Crippen molar-refractivity contribution in [1.82, 2.24) is 5.32 Å². The van der Waals surface area contributed by atoms with Crippen molar-refractivity contribution in [2.75, 3.05) is 0 Å². The van der Waals surface area contributed by atoms with Crippen LogP contribution in [0.2, 0.25) is 0 Å². The van der Waals surface area contributed by atoms with E-state index in [1.165, 1.54) is 12.5 Å². The van der Waals surface area contributed by atoms with E-state index in [0.717, 1.165) is 25.7 Å². The predicted octanol–water partition coefficient (Wildman–Crippen LogP) is 5.79. The zero-order chi connectivity index (χ0) is 18.4. The average Bonchev–Trinajstić information content (AvgIpc) is 2.53. The Morgan fingerprint density at radius 2 is 1.60 bits per heavy atom. The fraction of sp³-hybridized carbons (Fsp3) is 0.684. The Labute approximate surface area is 151 Å². The van der Waals surface area contributed by atoms with Crippen LogP contribution in [0.5, 0.6) is 0 Å². The van der Waals surface area contributed by atoms with E-state index in [1.807, 2.05) is 27.7 Å². The normalized spacial score (nSPS) is 18.0. The third-order valence-corrected chi connectivity index (χ3v) is 6.72. The molecule has 1 atom stereocenters. The standard InChI is InChI=1S/C19H31FNO3P/c1-14(2)23-25(22,24-15(3)4)19(17-12-8-9-13-18(17)20)21-16-10-6-5-7-11-16/h8-9,12-16,19,21H,5-7,10-11H2,1-4H3. The Kier molecular flexibility index (Phi) is 7.63. The summed E-state index contributed by atoms with van der Waals surface area (Å²) in [4.78, 5) is 0. The van der Waals surface area contributed by atoms with Crippen molar-refractivity contribution in [3.8, 4) is 0 Å². The molecule has 0 aromatic heterocycles. The highest BCUT2D eigenvalue weighted by Crippen LogP contribution is 2.61. The molecule has 0 aliphatic heterocycles. The summed E-state index contributed by atoms with van der Waals surface area (Å²) in [5.74, 6) is -1.20. The van der Waals surface area contributed by atoms with E-state index in [9.17, 15) is 8.96 Å². The van der Waals surface area contributed by atoms with Crippen LogP contribution in [-0.2, 0) is 13.6 Å². The van der Waals surface area contributed by atoms with Gasteiger partial charge in [0.05, 0.1) is 12.2 Å². The first kappa shape index (κ1) is 20.6. The molecule has 1 aliphatic rings. The molecule has 1 aromatic carbocycles. The summed E-state index contributed by atoms with van der Waals surface area (Å²) < 4.78 is 39.7. The summed E-state index contributed by atoms with van der Waals surface area (Å²) in [6.07, 6.45) is 4.89. The molecule has 0 spiro atoms. The van der Waals surface area contributed by atoms with E-state index in [0.29, 0.717) is 5.56 Å². The third kappa shape index (κ3) is 5.89. The van der Waals surface area contributed by atoms with Crippen LogP contribution >= 0.6 is 7.60 Å². The van der Waals surface area contributed by atoms with Gasteiger partial charge in [0.15, 0.2) is 0 Å². The van der Waals surface area contributed by atoms with Crippen molar-refractivity contribution in [3.05, 3.63) is 35.6 Å².